The number of benzene rings is 1. The second kappa shape index (κ2) is 20.7. The lowest BCUT2D eigenvalue weighted by molar-refractivity contribution is -0.156. The molecule has 0 radical (unpaired) electrons. The molecule has 17 heteroatoms. The third-order valence-electron chi connectivity index (χ3n) is 12.7. The fraction of sp³-hybridized carbons (Fsp3) is 0.596. The first-order valence-corrected chi connectivity index (χ1v) is 23.8. The van der Waals surface area contributed by atoms with Crippen molar-refractivity contribution in [1.82, 2.24) is 40.1 Å². The molecule has 16 nitrogen and oxygen atoms in total. The molecule has 4 aromatic rings. The molecular formula is C47H67N9O7S. The lowest BCUT2D eigenvalue weighted by Gasteiger charge is -2.37. The van der Waals surface area contributed by atoms with E-state index in [0.717, 1.165) is 70.8 Å². The highest BCUT2D eigenvalue weighted by molar-refractivity contribution is 7.10. The van der Waals surface area contributed by atoms with Gasteiger partial charge in [0.05, 0.1) is 48.3 Å². The van der Waals surface area contributed by atoms with E-state index in [-0.39, 0.29) is 32.5 Å². The average molecular weight is 902 g/mol. The van der Waals surface area contributed by atoms with Gasteiger partial charge in [-0.25, -0.2) is 15.2 Å². The summed E-state index contributed by atoms with van der Waals surface area (Å²) in [6, 6.07) is 6.21. The minimum absolute atomic E-state index is 0.102. The van der Waals surface area contributed by atoms with Crippen molar-refractivity contribution in [2.75, 3.05) is 84.7 Å². The topological polar surface area (TPSA) is 167 Å². The van der Waals surface area contributed by atoms with Gasteiger partial charge in [0.1, 0.15) is 23.2 Å². The van der Waals surface area contributed by atoms with Crippen LogP contribution in [-0.4, -0.2) is 144 Å². The molecule has 2 saturated heterocycles. The number of nitrogens with zero attached hydrogens (tertiary/aromatic N) is 7. The largest absolute Gasteiger partial charge is 0.464 e. The fourth-order valence-corrected chi connectivity index (χ4v) is 10.1. The second-order valence-electron chi connectivity index (χ2n) is 17.9. The number of hydrogen-bond donors (Lipinski definition) is 3. The summed E-state index contributed by atoms with van der Waals surface area (Å²) < 4.78 is 20.9. The first-order chi connectivity index (χ1) is 30.8. The number of fused-ring (bicyclic) bond motifs is 6. The number of urea groups is 1. The van der Waals surface area contributed by atoms with Crippen LogP contribution in [0.2, 0.25) is 0 Å². The van der Waals surface area contributed by atoms with Crippen molar-refractivity contribution in [3.8, 4) is 22.5 Å². The summed E-state index contributed by atoms with van der Waals surface area (Å²) in [4.78, 5) is 59.0. The second-order valence-corrected chi connectivity index (χ2v) is 18.8. The molecule has 7 rings (SSSR count). The number of methoxy groups -OCH3 is 1. The summed E-state index contributed by atoms with van der Waals surface area (Å²) in [7, 11) is 3.87. The Morgan fingerprint density at radius 2 is 1.91 bits per heavy atom. The number of aryl methyl sites for hydroxylation is 1. The zero-order valence-electron chi connectivity index (χ0n) is 38.8. The maximum absolute atomic E-state index is 14.7. The van der Waals surface area contributed by atoms with Crippen LogP contribution in [0.5, 0.6) is 0 Å². The van der Waals surface area contributed by atoms with Crippen molar-refractivity contribution in [2.24, 2.45) is 5.41 Å². The standard InChI is InChI=1S/C47H67N9O7S/c1-9-16-54(22-23-57)46(60)50-40-42(62-11-3)43-49-37(28-64-43)31-14-15-38-33(24-31)35(26-47(5,6)29-63-45(59)36-13-12-17-56(51-36)44(40)58)41(55(38)10-2)34-25-32(27-48-39(34)30(4)61-8)53-20-18-52(7)19-21-53/h14-15,24-25,27-28,30,36,40,42,51,57H,9-13,16-23,26,29H2,1-8H3,(H,50,60)/t30-,36-,40-,42-/m0/s1. The normalized spacial score (nSPS) is 21.4. The van der Waals surface area contributed by atoms with Crippen molar-refractivity contribution < 1.29 is 33.7 Å². The predicted molar refractivity (Wildman–Crippen MR) is 249 cm³/mol. The minimum Gasteiger partial charge on any atom is -0.464 e. The smallest absolute Gasteiger partial charge is 0.324 e. The number of amides is 3. The zero-order valence-corrected chi connectivity index (χ0v) is 39.6. The lowest BCUT2D eigenvalue weighted by Crippen LogP contribution is -2.62. The number of aliphatic hydroxyl groups is 1. The van der Waals surface area contributed by atoms with Crippen LogP contribution < -0.4 is 15.6 Å². The number of esters is 1. The maximum atomic E-state index is 14.7. The van der Waals surface area contributed by atoms with E-state index in [2.05, 4.69) is 77.2 Å². The number of aliphatic hydroxyl groups excluding tert-OH is 1. The SMILES string of the molecule is CCCN(CCO)C(=O)N[C@@H]1C(=O)N2CCC[C@H](N2)C(=O)OCC(C)(C)Cc2c(-c3cc(N4CCN(C)CC4)cnc3[C@H](C)OC)n(CC)c3ccc(cc23)-c2csc(n2)[C@H]1OCC. The number of carbonyl (C=O) groups excluding carboxylic acids is 3. The molecule has 3 aromatic heterocycles. The number of piperazine rings is 1. The number of thiazole rings is 1. The van der Waals surface area contributed by atoms with Gasteiger partial charge in [0.15, 0.2) is 0 Å². The number of anilines is 1. The first-order valence-electron chi connectivity index (χ1n) is 22.9. The van der Waals surface area contributed by atoms with Crippen LogP contribution in [0.25, 0.3) is 33.4 Å². The molecule has 0 spiro atoms. The number of cyclic esters (lactones) is 1. The number of hydrazine groups is 1. The Hall–Kier alpha value is -4.65. The van der Waals surface area contributed by atoms with E-state index in [1.165, 1.54) is 21.2 Å². The number of pyridine rings is 1. The Morgan fingerprint density at radius 1 is 1.12 bits per heavy atom. The molecule has 3 N–H and O–H groups in total. The van der Waals surface area contributed by atoms with E-state index < -0.39 is 41.5 Å². The number of ether oxygens (including phenoxy) is 3. The molecular weight excluding hydrogens is 835 g/mol. The molecule has 3 amide bonds. The summed E-state index contributed by atoms with van der Waals surface area (Å²) in [6.45, 7) is 17.6. The van der Waals surface area contributed by atoms with Gasteiger partial charge >= 0.3 is 12.0 Å². The fourth-order valence-electron chi connectivity index (χ4n) is 9.14. The van der Waals surface area contributed by atoms with Crippen molar-refractivity contribution in [3.63, 3.8) is 0 Å². The Labute approximate surface area is 381 Å². The number of rotatable bonds is 12. The van der Waals surface area contributed by atoms with Gasteiger partial charge in [-0.1, -0.05) is 26.8 Å². The first kappa shape index (κ1) is 47.3. The average Bonchev–Trinajstić information content (AvgIpc) is 3.91. The van der Waals surface area contributed by atoms with Gasteiger partial charge in [0.25, 0.3) is 5.91 Å². The van der Waals surface area contributed by atoms with Gasteiger partial charge in [0, 0.05) is 98.9 Å². The van der Waals surface area contributed by atoms with Crippen molar-refractivity contribution in [2.45, 2.75) is 98.1 Å². The molecule has 6 heterocycles. The molecule has 6 bridgehead atoms. The van der Waals surface area contributed by atoms with Crippen LogP contribution in [0.4, 0.5) is 10.5 Å². The number of hydrogen-bond acceptors (Lipinski definition) is 13. The van der Waals surface area contributed by atoms with Crippen LogP contribution in [0.15, 0.2) is 35.8 Å². The minimum atomic E-state index is -1.21. The summed E-state index contributed by atoms with van der Waals surface area (Å²) in [5.74, 6) is -0.912. The number of carbonyl (C=O) groups is 3. The molecule has 1 aromatic carbocycles. The molecule has 3 aliphatic rings. The lowest BCUT2D eigenvalue weighted by atomic mass is 9.84. The molecule has 64 heavy (non-hydrogen) atoms. The van der Waals surface area contributed by atoms with E-state index in [0.29, 0.717) is 56.0 Å². The van der Waals surface area contributed by atoms with Gasteiger partial charge in [0.2, 0.25) is 0 Å². The van der Waals surface area contributed by atoms with E-state index in [4.69, 9.17) is 24.2 Å². The third-order valence-corrected chi connectivity index (χ3v) is 13.6. The van der Waals surface area contributed by atoms with Crippen LogP contribution in [0, 0.1) is 5.41 Å². The summed E-state index contributed by atoms with van der Waals surface area (Å²) >= 11 is 1.37. The van der Waals surface area contributed by atoms with Gasteiger partial charge in [-0.3, -0.25) is 19.6 Å². The summed E-state index contributed by atoms with van der Waals surface area (Å²) in [5, 5.41) is 17.7. The van der Waals surface area contributed by atoms with Gasteiger partial charge < -0.3 is 43.9 Å². The van der Waals surface area contributed by atoms with Crippen molar-refractivity contribution >= 4 is 45.8 Å². The van der Waals surface area contributed by atoms with Crippen LogP contribution in [0.3, 0.4) is 0 Å². The van der Waals surface area contributed by atoms with E-state index in [1.54, 1.807) is 7.11 Å². The van der Waals surface area contributed by atoms with Gasteiger partial charge in [-0.2, -0.15) is 0 Å². The Balaban J connectivity index is 1.41. The Bertz CT molecular complexity index is 2270. The van der Waals surface area contributed by atoms with E-state index >= 15 is 0 Å². The Morgan fingerprint density at radius 3 is 2.61 bits per heavy atom. The maximum Gasteiger partial charge on any atom is 0.324 e. The van der Waals surface area contributed by atoms with Crippen molar-refractivity contribution in [1.29, 1.82) is 0 Å². The molecule has 2 fully saturated rings. The molecule has 0 aliphatic carbocycles. The Kier molecular flexibility index (Phi) is 15.3. The monoisotopic (exact) mass is 901 g/mol. The highest BCUT2D eigenvalue weighted by atomic mass is 32.1. The highest BCUT2D eigenvalue weighted by Crippen LogP contribution is 2.43. The van der Waals surface area contributed by atoms with E-state index in [1.807, 2.05) is 32.3 Å². The quantitative estimate of drug-likeness (QED) is 0.147. The third kappa shape index (κ3) is 10.1. The highest BCUT2D eigenvalue weighted by Gasteiger charge is 2.41. The van der Waals surface area contributed by atoms with Crippen molar-refractivity contribution in [3.05, 3.63) is 52.1 Å². The van der Waals surface area contributed by atoms with E-state index in [9.17, 15) is 19.5 Å². The zero-order chi connectivity index (χ0) is 45.7. The van der Waals surface area contributed by atoms with Gasteiger partial charge in [-0.15, -0.1) is 11.3 Å². The number of aromatic nitrogens is 3. The molecule has 3 aliphatic heterocycles. The summed E-state index contributed by atoms with van der Waals surface area (Å²) in [6.07, 6.45) is 2.98. The summed E-state index contributed by atoms with van der Waals surface area (Å²) in [5.41, 5.74) is 10.4. The molecule has 4 atom stereocenters. The predicted octanol–water partition coefficient (Wildman–Crippen LogP) is 5.79. The van der Waals surface area contributed by atoms with Crippen LogP contribution in [-0.2, 0) is 36.8 Å². The van der Waals surface area contributed by atoms with Crippen LogP contribution >= 0.6 is 11.3 Å². The molecule has 348 valence electrons. The molecule has 0 saturated carbocycles. The van der Waals surface area contributed by atoms with Gasteiger partial charge in [-0.05, 0) is 77.3 Å². The van der Waals surface area contributed by atoms with Crippen LogP contribution in [0.1, 0.15) is 89.3 Å². The molecule has 0 unspecified atom stereocenters. The number of likely N-dealkylation sites (N-methyl/N-ethyl adjacent to an activating group) is 1. The number of nitrogens with one attached hydrogen (secondary N) is 2.